The molecule has 0 heterocycles. The van der Waals surface area contributed by atoms with Crippen molar-refractivity contribution in [2.45, 2.75) is 57.7 Å². The molecule has 36 heavy (non-hydrogen) atoms. The Kier molecular flexibility index (Phi) is 9.60. The number of carbonyl (C=O) groups excluding carboxylic acids is 2. The van der Waals surface area contributed by atoms with Crippen molar-refractivity contribution >= 4 is 50.7 Å². The molecule has 0 aliphatic heterocycles. The second-order valence-corrected chi connectivity index (χ2v) is 11.7. The number of hydrogen-bond acceptors (Lipinski definition) is 4. The lowest BCUT2D eigenvalue weighted by molar-refractivity contribution is -0.140. The van der Waals surface area contributed by atoms with Gasteiger partial charge in [-0.2, -0.15) is 0 Å². The molecule has 11 heteroatoms. The highest BCUT2D eigenvalue weighted by molar-refractivity contribution is 7.92. The van der Waals surface area contributed by atoms with Crippen molar-refractivity contribution in [1.29, 1.82) is 0 Å². The zero-order valence-corrected chi connectivity index (χ0v) is 22.5. The Labute approximate surface area is 221 Å². The lowest BCUT2D eigenvalue weighted by atomic mass is 10.1. The van der Waals surface area contributed by atoms with Gasteiger partial charge in [0.15, 0.2) is 0 Å². The van der Waals surface area contributed by atoms with E-state index in [9.17, 15) is 22.4 Å². The van der Waals surface area contributed by atoms with Crippen LogP contribution < -0.4 is 9.62 Å². The molecule has 1 fully saturated rings. The van der Waals surface area contributed by atoms with Crippen LogP contribution in [0.25, 0.3) is 0 Å². The summed E-state index contributed by atoms with van der Waals surface area (Å²) in [7, 11) is -3.89. The van der Waals surface area contributed by atoms with Crippen LogP contribution in [0.2, 0.25) is 10.0 Å². The van der Waals surface area contributed by atoms with E-state index in [1.807, 2.05) is 0 Å². The molecule has 2 aromatic carbocycles. The van der Waals surface area contributed by atoms with Gasteiger partial charge in [-0.3, -0.25) is 13.9 Å². The predicted octanol–water partition coefficient (Wildman–Crippen LogP) is 4.76. The summed E-state index contributed by atoms with van der Waals surface area (Å²) in [4.78, 5) is 28.3. The highest BCUT2D eigenvalue weighted by Gasteiger charge is 2.33. The molecular formula is C25H30Cl2FN3O4S. The van der Waals surface area contributed by atoms with E-state index in [4.69, 9.17) is 23.2 Å². The van der Waals surface area contributed by atoms with E-state index >= 15 is 0 Å². The van der Waals surface area contributed by atoms with E-state index in [0.717, 1.165) is 48.4 Å². The second kappa shape index (κ2) is 12.3. The van der Waals surface area contributed by atoms with E-state index in [1.54, 1.807) is 25.1 Å². The third kappa shape index (κ3) is 7.33. The number of benzene rings is 2. The maximum Gasteiger partial charge on any atom is 0.244 e. The summed E-state index contributed by atoms with van der Waals surface area (Å²) in [6, 6.07) is 8.95. The van der Waals surface area contributed by atoms with Crippen molar-refractivity contribution in [2.24, 2.45) is 0 Å². The molecule has 0 saturated heterocycles. The lowest BCUT2D eigenvalue weighted by Crippen LogP contribution is -2.53. The number of nitrogens with one attached hydrogen (secondary N) is 1. The molecule has 0 aromatic heterocycles. The molecule has 1 atom stereocenters. The quantitative estimate of drug-likeness (QED) is 0.456. The summed E-state index contributed by atoms with van der Waals surface area (Å²) in [6.07, 6.45) is 5.13. The molecule has 0 radical (unpaired) electrons. The van der Waals surface area contributed by atoms with Crippen molar-refractivity contribution in [3.05, 3.63) is 63.9 Å². The van der Waals surface area contributed by atoms with Crippen molar-refractivity contribution in [3.8, 4) is 0 Å². The molecular weight excluding hydrogens is 528 g/mol. The van der Waals surface area contributed by atoms with Crippen LogP contribution in [-0.2, 0) is 26.2 Å². The maximum absolute atomic E-state index is 13.6. The number of rotatable bonds is 10. The summed E-state index contributed by atoms with van der Waals surface area (Å²) < 4.78 is 39.5. The van der Waals surface area contributed by atoms with Crippen LogP contribution in [0.15, 0.2) is 42.5 Å². The van der Waals surface area contributed by atoms with Gasteiger partial charge in [-0.1, -0.05) is 49.0 Å². The summed E-state index contributed by atoms with van der Waals surface area (Å²) in [5.41, 5.74) is 0.780. The van der Waals surface area contributed by atoms with Crippen LogP contribution in [0.3, 0.4) is 0 Å². The zero-order chi connectivity index (χ0) is 26.5. The summed E-state index contributed by atoms with van der Waals surface area (Å²) in [6.45, 7) is 1.26. The second-order valence-electron chi connectivity index (χ2n) is 8.93. The van der Waals surface area contributed by atoms with Gasteiger partial charge in [-0.05, 0) is 61.2 Å². The Balaban J connectivity index is 1.93. The lowest BCUT2D eigenvalue weighted by Gasteiger charge is -2.33. The third-order valence-electron chi connectivity index (χ3n) is 6.22. The largest absolute Gasteiger partial charge is 0.352 e. The number of anilines is 1. The van der Waals surface area contributed by atoms with Crippen LogP contribution in [0.1, 0.15) is 44.6 Å². The molecule has 0 spiro atoms. The highest BCUT2D eigenvalue weighted by Crippen LogP contribution is 2.25. The first-order valence-electron chi connectivity index (χ1n) is 11.8. The van der Waals surface area contributed by atoms with E-state index in [-0.39, 0.29) is 24.2 Å². The standard InChI is InChI=1S/C25H30Cl2FN3O4S/c1-3-23(25(33)29-19-6-4-5-7-19)30(15-17-8-13-21(26)22(27)14-17)24(32)16-31(36(2,34)35)20-11-9-18(28)10-12-20/h8-14,19,23H,3-7,15-16H2,1-2H3,(H,29,33). The smallest absolute Gasteiger partial charge is 0.244 e. The highest BCUT2D eigenvalue weighted by atomic mass is 35.5. The molecule has 1 aliphatic carbocycles. The monoisotopic (exact) mass is 557 g/mol. The van der Waals surface area contributed by atoms with Gasteiger partial charge in [-0.25, -0.2) is 12.8 Å². The number of hydrogen-bond donors (Lipinski definition) is 1. The van der Waals surface area contributed by atoms with Gasteiger partial charge in [0.1, 0.15) is 18.4 Å². The molecule has 1 saturated carbocycles. The van der Waals surface area contributed by atoms with Gasteiger partial charge in [0.25, 0.3) is 0 Å². The molecule has 196 valence electrons. The predicted molar refractivity (Wildman–Crippen MR) is 140 cm³/mol. The Morgan fingerprint density at radius 2 is 1.72 bits per heavy atom. The van der Waals surface area contributed by atoms with Crippen molar-refractivity contribution in [1.82, 2.24) is 10.2 Å². The summed E-state index contributed by atoms with van der Waals surface area (Å²) in [5.74, 6) is -1.40. The van der Waals surface area contributed by atoms with Gasteiger partial charge in [0.2, 0.25) is 21.8 Å². The van der Waals surface area contributed by atoms with Gasteiger partial charge in [-0.15, -0.1) is 0 Å². The first-order chi connectivity index (χ1) is 17.0. The minimum absolute atomic E-state index is 0.0212. The Bertz CT molecular complexity index is 1190. The molecule has 1 N–H and O–H groups in total. The van der Waals surface area contributed by atoms with Crippen LogP contribution >= 0.6 is 23.2 Å². The normalized spacial score (nSPS) is 14.9. The maximum atomic E-state index is 13.6. The van der Waals surface area contributed by atoms with E-state index in [1.165, 1.54) is 17.0 Å². The van der Waals surface area contributed by atoms with Crippen molar-refractivity contribution in [3.63, 3.8) is 0 Å². The number of halogens is 3. The molecule has 3 rings (SSSR count). The van der Waals surface area contributed by atoms with Gasteiger partial charge < -0.3 is 10.2 Å². The molecule has 2 aromatic rings. The van der Waals surface area contributed by atoms with E-state index in [0.29, 0.717) is 22.0 Å². The number of amides is 2. The Morgan fingerprint density at radius 1 is 1.08 bits per heavy atom. The van der Waals surface area contributed by atoms with Gasteiger partial charge in [0, 0.05) is 12.6 Å². The summed E-state index contributed by atoms with van der Waals surface area (Å²) in [5, 5.41) is 3.69. The molecule has 0 bridgehead atoms. The van der Waals surface area contributed by atoms with Crippen molar-refractivity contribution in [2.75, 3.05) is 17.1 Å². The topological polar surface area (TPSA) is 86.8 Å². The average Bonchev–Trinajstić information content (AvgIpc) is 3.32. The van der Waals surface area contributed by atoms with E-state index in [2.05, 4.69) is 5.32 Å². The minimum Gasteiger partial charge on any atom is -0.352 e. The average molecular weight is 559 g/mol. The fraction of sp³-hybridized carbons (Fsp3) is 0.440. The van der Waals surface area contributed by atoms with Gasteiger partial charge >= 0.3 is 0 Å². The zero-order valence-electron chi connectivity index (χ0n) is 20.2. The fourth-order valence-corrected chi connectivity index (χ4v) is 5.51. The first-order valence-corrected chi connectivity index (χ1v) is 14.4. The van der Waals surface area contributed by atoms with Gasteiger partial charge in [0.05, 0.1) is 22.0 Å². The summed E-state index contributed by atoms with van der Waals surface area (Å²) >= 11 is 12.2. The van der Waals surface area contributed by atoms with E-state index < -0.39 is 34.3 Å². The SMILES string of the molecule is CCC(C(=O)NC1CCCC1)N(Cc1ccc(Cl)c(Cl)c1)C(=O)CN(c1ccc(F)cc1)S(C)(=O)=O. The number of carbonyl (C=O) groups is 2. The fourth-order valence-electron chi connectivity index (χ4n) is 4.34. The van der Waals surface area contributed by atoms with Crippen LogP contribution in [-0.4, -0.2) is 50.0 Å². The Morgan fingerprint density at radius 3 is 2.28 bits per heavy atom. The number of nitrogens with zero attached hydrogens (tertiary/aromatic N) is 2. The van der Waals surface area contributed by atoms with Crippen molar-refractivity contribution < 1.29 is 22.4 Å². The molecule has 1 unspecified atom stereocenters. The molecule has 1 aliphatic rings. The van der Waals surface area contributed by atoms with Crippen LogP contribution in [0, 0.1) is 5.82 Å². The van der Waals surface area contributed by atoms with Crippen LogP contribution in [0.4, 0.5) is 10.1 Å². The minimum atomic E-state index is -3.89. The molecule has 7 nitrogen and oxygen atoms in total. The third-order valence-corrected chi connectivity index (χ3v) is 8.10. The first kappa shape index (κ1) is 28.2. The Hall–Kier alpha value is -2.36. The molecule has 2 amide bonds. The van der Waals surface area contributed by atoms with Crippen LogP contribution in [0.5, 0.6) is 0 Å². The number of sulfonamides is 1.